The van der Waals surface area contributed by atoms with Crippen LogP contribution in [0.25, 0.3) is 0 Å². The molecule has 0 saturated carbocycles. The minimum atomic E-state index is -2.65. The Hall–Kier alpha value is -2.19. The zero-order valence-corrected chi connectivity index (χ0v) is 18.4. The fraction of sp³-hybridized carbons (Fsp3) is 0.409. The van der Waals surface area contributed by atoms with Gasteiger partial charge in [0.05, 0.1) is 12.2 Å². The van der Waals surface area contributed by atoms with E-state index in [4.69, 9.17) is 22.8 Å². The molecule has 0 amide bonds. The number of ether oxygens (including phenoxy) is 2. The average Bonchev–Trinajstić information content (AvgIpc) is 2.73. The van der Waals surface area contributed by atoms with E-state index in [9.17, 15) is 4.79 Å². The van der Waals surface area contributed by atoms with Crippen molar-refractivity contribution in [2.24, 2.45) is 0 Å². The van der Waals surface area contributed by atoms with Crippen LogP contribution in [0.15, 0.2) is 54.6 Å². The molecule has 6 nitrogen and oxygen atoms in total. The molecule has 0 radical (unpaired) electrons. The van der Waals surface area contributed by atoms with E-state index in [1.54, 1.807) is 42.5 Å². The number of benzene rings is 2. The first-order valence-corrected chi connectivity index (χ1v) is 12.0. The highest BCUT2D eigenvalue weighted by Crippen LogP contribution is 2.22. The summed E-state index contributed by atoms with van der Waals surface area (Å²) in [6.07, 6.45) is 0.736. The van der Waals surface area contributed by atoms with Crippen molar-refractivity contribution in [3.8, 4) is 11.5 Å². The van der Waals surface area contributed by atoms with Crippen molar-refractivity contribution >= 4 is 14.8 Å². The van der Waals surface area contributed by atoms with Crippen LogP contribution in [0.4, 0.5) is 0 Å². The number of carbonyl (C=O) groups excluding carboxylic acids is 1. The van der Waals surface area contributed by atoms with Crippen LogP contribution in [0.1, 0.15) is 37.6 Å². The van der Waals surface area contributed by atoms with Crippen molar-refractivity contribution in [2.45, 2.75) is 33.2 Å². The summed E-state index contributed by atoms with van der Waals surface area (Å²) in [4.78, 5) is 12.2. The number of hydrogen-bond acceptors (Lipinski definition) is 6. The lowest BCUT2D eigenvalue weighted by molar-refractivity contribution is 0.0693. The molecule has 0 aliphatic carbocycles. The molecule has 2 rings (SSSR count). The second kappa shape index (κ2) is 12.4. The quantitative estimate of drug-likeness (QED) is 0.203. The lowest BCUT2D eigenvalue weighted by Gasteiger charge is -2.28. The molecule has 29 heavy (non-hydrogen) atoms. The maximum absolute atomic E-state index is 12.2. The highest BCUT2D eigenvalue weighted by atomic mass is 28.4. The largest absolute Gasteiger partial charge is 0.501 e. The van der Waals surface area contributed by atoms with Crippen LogP contribution in [0.5, 0.6) is 11.5 Å². The van der Waals surface area contributed by atoms with Crippen LogP contribution in [-0.2, 0) is 13.3 Å². The smallest absolute Gasteiger partial charge is 0.493 e. The first-order chi connectivity index (χ1) is 14.1. The lowest BCUT2D eigenvalue weighted by atomic mass is 10.2. The Morgan fingerprint density at radius 3 is 2.07 bits per heavy atom. The van der Waals surface area contributed by atoms with Gasteiger partial charge in [-0.2, -0.15) is 0 Å². The second-order valence-corrected chi connectivity index (χ2v) is 8.90. The van der Waals surface area contributed by atoms with Crippen molar-refractivity contribution in [2.75, 3.05) is 26.4 Å². The van der Waals surface area contributed by atoms with Crippen molar-refractivity contribution in [3.05, 3.63) is 60.2 Å². The number of hydrogen-bond donors (Lipinski definition) is 0. The fourth-order valence-electron chi connectivity index (χ4n) is 2.85. The van der Waals surface area contributed by atoms with Gasteiger partial charge >= 0.3 is 14.8 Å². The van der Waals surface area contributed by atoms with E-state index < -0.39 is 14.8 Å². The molecule has 0 atom stereocenters. The first kappa shape index (κ1) is 23.1. The molecular formula is C22H30O6Si. The monoisotopic (exact) mass is 418 g/mol. The topological polar surface area (TPSA) is 63.2 Å². The molecule has 0 aliphatic heterocycles. The van der Waals surface area contributed by atoms with Gasteiger partial charge in [-0.15, -0.1) is 0 Å². The van der Waals surface area contributed by atoms with Gasteiger partial charge in [0.15, 0.2) is 0 Å². The van der Waals surface area contributed by atoms with Gasteiger partial charge in [-0.1, -0.05) is 24.3 Å². The van der Waals surface area contributed by atoms with Gasteiger partial charge in [0.1, 0.15) is 11.5 Å². The first-order valence-electron chi connectivity index (χ1n) is 10.0. The third-order valence-corrected chi connectivity index (χ3v) is 7.17. The van der Waals surface area contributed by atoms with Crippen molar-refractivity contribution in [1.82, 2.24) is 0 Å². The molecule has 158 valence electrons. The van der Waals surface area contributed by atoms with Gasteiger partial charge in [0.2, 0.25) is 0 Å². The molecule has 7 heteroatoms. The third kappa shape index (κ3) is 7.62. The summed E-state index contributed by atoms with van der Waals surface area (Å²) in [6, 6.07) is 16.6. The Bertz CT molecular complexity index is 720. The Labute approximate surface area is 174 Å². The second-order valence-electron chi connectivity index (χ2n) is 6.16. The van der Waals surface area contributed by atoms with Gasteiger partial charge in [0.25, 0.3) is 0 Å². The predicted octanol–water partition coefficient (Wildman–Crippen LogP) is 4.72. The van der Waals surface area contributed by atoms with E-state index in [2.05, 4.69) is 0 Å². The van der Waals surface area contributed by atoms with Crippen LogP contribution in [0.3, 0.4) is 0 Å². The predicted molar refractivity (Wildman–Crippen MR) is 113 cm³/mol. The summed E-state index contributed by atoms with van der Waals surface area (Å²) >= 11 is 0. The van der Waals surface area contributed by atoms with Gasteiger partial charge in [-0.25, -0.2) is 4.79 Å². The molecule has 0 N–H and O–H groups in total. The highest BCUT2D eigenvalue weighted by molar-refractivity contribution is 6.60. The minimum absolute atomic E-state index is 0.399. The van der Waals surface area contributed by atoms with Gasteiger partial charge < -0.3 is 22.8 Å². The van der Waals surface area contributed by atoms with Crippen LogP contribution >= 0.6 is 0 Å². The maximum atomic E-state index is 12.2. The van der Waals surface area contributed by atoms with Crippen LogP contribution in [0.2, 0.25) is 6.04 Å². The normalized spacial score (nSPS) is 11.3. The van der Waals surface area contributed by atoms with E-state index in [0.29, 0.717) is 49.5 Å². The fourth-order valence-corrected chi connectivity index (χ4v) is 5.43. The van der Waals surface area contributed by atoms with Crippen LogP contribution in [0, 0.1) is 0 Å². The highest BCUT2D eigenvalue weighted by Gasteiger charge is 2.39. The Morgan fingerprint density at radius 1 is 0.828 bits per heavy atom. The summed E-state index contributed by atoms with van der Waals surface area (Å²) in [7, 11) is -2.65. The summed E-state index contributed by atoms with van der Waals surface area (Å²) in [6.45, 7) is 7.99. The Balaban J connectivity index is 1.87. The Kier molecular flexibility index (Phi) is 9.86. The summed E-state index contributed by atoms with van der Waals surface area (Å²) in [5.74, 6) is 0.682. The lowest BCUT2D eigenvalue weighted by Crippen LogP contribution is -2.46. The van der Waals surface area contributed by atoms with Gasteiger partial charge in [-0.3, -0.25) is 0 Å². The Morgan fingerprint density at radius 2 is 1.45 bits per heavy atom. The molecule has 0 aromatic heterocycles. The minimum Gasteiger partial charge on any atom is -0.493 e. The number of esters is 1. The van der Waals surface area contributed by atoms with E-state index >= 15 is 0 Å². The zero-order valence-electron chi connectivity index (χ0n) is 17.4. The molecule has 0 aliphatic rings. The molecule has 0 heterocycles. The number of carbonyl (C=O) groups is 1. The molecular weight excluding hydrogens is 388 g/mol. The van der Waals surface area contributed by atoms with Gasteiger partial charge in [-0.05, 0) is 51.5 Å². The maximum Gasteiger partial charge on any atom is 0.501 e. The standard InChI is InChI=1S/C22H30O6Si/c1-4-25-29(26-5-2,27-6-3)17-11-16-24-20-14-10-15-21(18-20)28-22(23)19-12-8-7-9-13-19/h7-10,12-15,18H,4-6,11,16-17H2,1-3H3. The molecule has 0 bridgehead atoms. The van der Waals surface area contributed by atoms with Crippen molar-refractivity contribution in [1.29, 1.82) is 0 Å². The van der Waals surface area contributed by atoms with E-state index in [1.165, 1.54) is 0 Å². The average molecular weight is 419 g/mol. The molecule has 0 spiro atoms. The van der Waals surface area contributed by atoms with Gasteiger partial charge in [0, 0.05) is 31.9 Å². The third-order valence-electron chi connectivity index (χ3n) is 4.01. The molecule has 0 saturated heterocycles. The molecule has 2 aromatic rings. The van der Waals surface area contributed by atoms with E-state index in [-0.39, 0.29) is 0 Å². The zero-order chi connectivity index (χ0) is 21.0. The molecule has 0 unspecified atom stereocenters. The number of rotatable bonds is 13. The van der Waals surface area contributed by atoms with E-state index in [1.807, 2.05) is 32.9 Å². The summed E-state index contributed by atoms with van der Waals surface area (Å²) in [5.41, 5.74) is 0.503. The summed E-state index contributed by atoms with van der Waals surface area (Å²) < 4.78 is 28.8. The van der Waals surface area contributed by atoms with E-state index in [0.717, 1.165) is 6.42 Å². The summed E-state index contributed by atoms with van der Waals surface area (Å²) in [5, 5.41) is 0. The van der Waals surface area contributed by atoms with Crippen LogP contribution in [-0.4, -0.2) is 41.2 Å². The molecule has 0 fully saturated rings. The molecule has 2 aromatic carbocycles. The van der Waals surface area contributed by atoms with Crippen molar-refractivity contribution in [3.63, 3.8) is 0 Å². The van der Waals surface area contributed by atoms with Crippen molar-refractivity contribution < 1.29 is 27.5 Å². The SMILES string of the molecule is CCO[Si](CCCOc1cccc(OC(=O)c2ccccc2)c1)(OCC)OCC. The van der Waals surface area contributed by atoms with Crippen LogP contribution < -0.4 is 9.47 Å².